The lowest BCUT2D eigenvalue weighted by Crippen LogP contribution is -2.35. The highest BCUT2D eigenvalue weighted by atomic mass is 35.5. The highest BCUT2D eigenvalue weighted by Crippen LogP contribution is 2.35. The van der Waals surface area contributed by atoms with Gasteiger partial charge in [-0.05, 0) is 73.4 Å². The van der Waals surface area contributed by atoms with Gasteiger partial charge in [0.1, 0.15) is 5.82 Å². The molecule has 10 heteroatoms. The highest BCUT2D eigenvalue weighted by molar-refractivity contribution is 7.93. The fraction of sp³-hybridized carbons (Fsp3) is 0.250. The number of hydrogen-bond donors (Lipinski definition) is 1. The molecule has 180 valence electrons. The fourth-order valence-corrected chi connectivity index (χ4v) is 6.34. The summed E-state index contributed by atoms with van der Waals surface area (Å²) in [4.78, 5) is 0.0683. The quantitative estimate of drug-likeness (QED) is 0.495. The maximum Gasteiger partial charge on any atom is 0.264 e. The molecule has 0 aliphatic carbocycles. The molecule has 0 unspecified atom stereocenters. The standard InChI is InChI=1S/C24H24ClFN2O4S2/c1-16-5-12-22(26)21(24(16)25)15-27-18-7-6-17-4-3-13-28(23(17)14-18)34(31,32)20-10-8-19(9-11-20)33(2,29)30/h5-12,14,27H,3-4,13,15H2,1-2H3. The van der Waals surface area contributed by atoms with E-state index in [2.05, 4.69) is 5.32 Å². The summed E-state index contributed by atoms with van der Waals surface area (Å²) in [7, 11) is -7.35. The van der Waals surface area contributed by atoms with Crippen LogP contribution in [0.25, 0.3) is 0 Å². The van der Waals surface area contributed by atoms with E-state index in [1.54, 1.807) is 19.1 Å². The van der Waals surface area contributed by atoms with Crippen LogP contribution < -0.4 is 9.62 Å². The van der Waals surface area contributed by atoms with Crippen LogP contribution >= 0.6 is 11.6 Å². The van der Waals surface area contributed by atoms with Crippen molar-refractivity contribution in [3.05, 3.63) is 82.1 Å². The summed E-state index contributed by atoms with van der Waals surface area (Å²) >= 11 is 6.26. The van der Waals surface area contributed by atoms with Crippen LogP contribution in [0.3, 0.4) is 0 Å². The number of aryl methyl sites for hydroxylation is 2. The third-order valence-electron chi connectivity index (χ3n) is 5.85. The Morgan fingerprint density at radius 3 is 2.35 bits per heavy atom. The molecule has 0 radical (unpaired) electrons. The van der Waals surface area contributed by atoms with Crippen LogP contribution in [-0.4, -0.2) is 29.6 Å². The van der Waals surface area contributed by atoms with Gasteiger partial charge in [-0.1, -0.05) is 23.7 Å². The summed E-state index contributed by atoms with van der Waals surface area (Å²) in [5.41, 5.74) is 3.16. The van der Waals surface area contributed by atoms with Crippen molar-refractivity contribution in [2.45, 2.75) is 36.1 Å². The smallest absolute Gasteiger partial charge is 0.264 e. The Kier molecular flexibility index (Phi) is 6.63. The molecule has 0 fully saturated rings. The van der Waals surface area contributed by atoms with Crippen molar-refractivity contribution in [1.29, 1.82) is 0 Å². The molecule has 1 N–H and O–H groups in total. The average molecular weight is 523 g/mol. The minimum absolute atomic E-state index is 0.0136. The number of nitrogens with zero attached hydrogens (tertiary/aromatic N) is 1. The van der Waals surface area contributed by atoms with Crippen molar-refractivity contribution in [1.82, 2.24) is 0 Å². The molecular weight excluding hydrogens is 499 g/mol. The topological polar surface area (TPSA) is 83.6 Å². The number of anilines is 2. The van der Waals surface area contributed by atoms with Crippen LogP contribution in [0.5, 0.6) is 0 Å². The monoisotopic (exact) mass is 522 g/mol. The van der Waals surface area contributed by atoms with E-state index in [9.17, 15) is 21.2 Å². The van der Waals surface area contributed by atoms with Gasteiger partial charge >= 0.3 is 0 Å². The molecule has 1 aliphatic rings. The van der Waals surface area contributed by atoms with Gasteiger partial charge in [0, 0.05) is 30.6 Å². The van der Waals surface area contributed by atoms with Crippen molar-refractivity contribution in [3.8, 4) is 0 Å². The van der Waals surface area contributed by atoms with Gasteiger partial charge in [0.15, 0.2) is 9.84 Å². The number of sulfonamides is 1. The molecule has 1 aliphatic heterocycles. The van der Waals surface area contributed by atoms with Crippen molar-refractivity contribution < 1.29 is 21.2 Å². The normalized spacial score (nSPS) is 14.1. The lowest BCUT2D eigenvalue weighted by atomic mass is 10.0. The maximum absolute atomic E-state index is 14.3. The van der Waals surface area contributed by atoms with Gasteiger partial charge in [-0.2, -0.15) is 0 Å². The molecular formula is C24H24ClFN2O4S2. The van der Waals surface area contributed by atoms with Gasteiger partial charge < -0.3 is 5.32 Å². The Balaban J connectivity index is 1.64. The molecule has 0 spiro atoms. The van der Waals surface area contributed by atoms with E-state index < -0.39 is 25.7 Å². The van der Waals surface area contributed by atoms with Crippen molar-refractivity contribution in [2.24, 2.45) is 0 Å². The largest absolute Gasteiger partial charge is 0.381 e. The third-order valence-corrected chi connectivity index (χ3v) is 9.33. The lowest BCUT2D eigenvalue weighted by molar-refractivity contribution is 0.585. The first kappa shape index (κ1) is 24.5. The third kappa shape index (κ3) is 4.78. The average Bonchev–Trinajstić information content (AvgIpc) is 2.80. The zero-order valence-corrected chi connectivity index (χ0v) is 21.1. The van der Waals surface area contributed by atoms with E-state index in [-0.39, 0.29) is 16.3 Å². The van der Waals surface area contributed by atoms with Crippen LogP contribution in [0.4, 0.5) is 15.8 Å². The molecule has 0 saturated heterocycles. The van der Waals surface area contributed by atoms with Crippen LogP contribution in [0, 0.1) is 12.7 Å². The highest BCUT2D eigenvalue weighted by Gasteiger charge is 2.29. The van der Waals surface area contributed by atoms with E-state index in [0.717, 1.165) is 23.8 Å². The minimum atomic E-state index is -3.91. The lowest BCUT2D eigenvalue weighted by Gasteiger charge is -2.31. The van der Waals surface area contributed by atoms with E-state index in [1.165, 1.54) is 34.6 Å². The number of halogens is 2. The summed E-state index contributed by atoms with van der Waals surface area (Å²) in [5.74, 6) is -0.414. The summed E-state index contributed by atoms with van der Waals surface area (Å²) in [6, 6.07) is 13.6. The predicted octanol–water partition coefficient (Wildman–Crippen LogP) is 4.94. The number of benzene rings is 3. The molecule has 0 atom stereocenters. The van der Waals surface area contributed by atoms with Crippen LogP contribution in [0.15, 0.2) is 64.4 Å². The Labute approximate surface area is 204 Å². The van der Waals surface area contributed by atoms with Crippen LogP contribution in [0.1, 0.15) is 23.1 Å². The molecule has 0 amide bonds. The van der Waals surface area contributed by atoms with Crippen molar-refractivity contribution >= 4 is 42.8 Å². The predicted molar refractivity (Wildman–Crippen MR) is 132 cm³/mol. The zero-order chi connectivity index (χ0) is 24.7. The molecule has 34 heavy (non-hydrogen) atoms. The second kappa shape index (κ2) is 9.20. The first-order valence-electron chi connectivity index (χ1n) is 10.6. The summed E-state index contributed by atoms with van der Waals surface area (Å²) in [6.45, 7) is 2.24. The van der Waals surface area contributed by atoms with Gasteiger partial charge in [0.05, 0.1) is 20.5 Å². The molecule has 3 aromatic carbocycles. The van der Waals surface area contributed by atoms with E-state index in [4.69, 9.17) is 11.6 Å². The first-order valence-corrected chi connectivity index (χ1v) is 14.3. The van der Waals surface area contributed by atoms with E-state index in [1.807, 2.05) is 12.1 Å². The van der Waals surface area contributed by atoms with Crippen LogP contribution in [-0.2, 0) is 32.8 Å². The maximum atomic E-state index is 14.3. The number of hydrogen-bond acceptors (Lipinski definition) is 5. The van der Waals surface area contributed by atoms with Crippen LogP contribution in [0.2, 0.25) is 5.02 Å². The second-order valence-electron chi connectivity index (χ2n) is 8.28. The Morgan fingerprint density at radius 1 is 1.00 bits per heavy atom. The number of rotatable bonds is 6. The SMILES string of the molecule is Cc1ccc(F)c(CNc2ccc3c(c2)N(S(=O)(=O)c2ccc(S(C)(=O)=O)cc2)CCC3)c1Cl. The first-order chi connectivity index (χ1) is 16.0. The molecule has 0 saturated carbocycles. The summed E-state index contributed by atoms with van der Waals surface area (Å²) in [6.07, 6.45) is 2.46. The minimum Gasteiger partial charge on any atom is -0.381 e. The van der Waals surface area contributed by atoms with Crippen molar-refractivity contribution in [2.75, 3.05) is 22.4 Å². The van der Waals surface area contributed by atoms with Gasteiger partial charge in [0.2, 0.25) is 0 Å². The Hall–Kier alpha value is -2.62. The second-order valence-corrected chi connectivity index (χ2v) is 12.5. The Bertz CT molecular complexity index is 1460. The van der Waals surface area contributed by atoms with Gasteiger partial charge in [-0.15, -0.1) is 0 Å². The molecule has 0 aromatic heterocycles. The molecule has 3 aromatic rings. The van der Waals surface area contributed by atoms with Gasteiger partial charge in [-0.3, -0.25) is 4.31 Å². The van der Waals surface area contributed by atoms with Gasteiger partial charge in [0.25, 0.3) is 10.0 Å². The fourth-order valence-electron chi connectivity index (χ4n) is 3.95. The summed E-state index contributed by atoms with van der Waals surface area (Å²) in [5, 5.41) is 3.50. The summed E-state index contributed by atoms with van der Waals surface area (Å²) < 4.78 is 65.9. The number of sulfone groups is 1. The molecule has 0 bridgehead atoms. The number of nitrogens with one attached hydrogen (secondary N) is 1. The number of fused-ring (bicyclic) bond motifs is 1. The molecule has 1 heterocycles. The van der Waals surface area contributed by atoms with E-state index >= 15 is 0 Å². The Morgan fingerprint density at radius 2 is 1.68 bits per heavy atom. The van der Waals surface area contributed by atoms with Gasteiger partial charge in [-0.25, -0.2) is 21.2 Å². The van der Waals surface area contributed by atoms with Crippen molar-refractivity contribution in [3.63, 3.8) is 0 Å². The zero-order valence-electron chi connectivity index (χ0n) is 18.7. The van der Waals surface area contributed by atoms with E-state index in [0.29, 0.717) is 34.9 Å². The molecule has 4 rings (SSSR count). The molecule has 6 nitrogen and oxygen atoms in total.